The number of carbonyl (C=O) groups excluding carboxylic acids is 3. The predicted molar refractivity (Wildman–Crippen MR) is 91.0 cm³/mol. The molecule has 2 rings (SSSR count). The van der Waals surface area contributed by atoms with Crippen LogP contribution >= 0.6 is 0 Å². The molecule has 0 aliphatic heterocycles. The quantitative estimate of drug-likeness (QED) is 0.676. The van der Waals surface area contributed by atoms with Gasteiger partial charge in [0.1, 0.15) is 11.3 Å². The maximum absolute atomic E-state index is 12.3. The van der Waals surface area contributed by atoms with Gasteiger partial charge in [-0.2, -0.15) is 0 Å². The zero-order valence-electron chi connectivity index (χ0n) is 14.3. The number of phenols is 1. The van der Waals surface area contributed by atoms with Crippen LogP contribution < -0.4 is 10.6 Å². The maximum Gasteiger partial charge on any atom is 0.331 e. The summed E-state index contributed by atoms with van der Waals surface area (Å²) < 4.78 is 5.12. The Morgan fingerprint density at radius 1 is 1.16 bits per heavy atom. The molecule has 25 heavy (non-hydrogen) atoms. The molecular formula is C18H24N2O5. The van der Waals surface area contributed by atoms with Gasteiger partial charge in [-0.25, -0.2) is 4.79 Å². The third-order valence-electron chi connectivity index (χ3n) is 4.31. The predicted octanol–water partition coefficient (Wildman–Crippen LogP) is 1.50. The number of hydrogen-bond acceptors (Lipinski definition) is 5. The number of hydrogen-bond donors (Lipinski definition) is 3. The van der Waals surface area contributed by atoms with E-state index >= 15 is 0 Å². The van der Waals surface area contributed by atoms with E-state index < -0.39 is 23.3 Å². The van der Waals surface area contributed by atoms with Crippen molar-refractivity contribution >= 4 is 17.8 Å². The molecule has 1 fully saturated rings. The lowest BCUT2D eigenvalue weighted by atomic mass is 9.81. The number of ether oxygens (including phenoxy) is 1. The SMILES string of the molecule is CCOC(=O)C1(NC(=O)CNC(=O)c2ccccc2O)CCCCC1. The van der Waals surface area contributed by atoms with Crippen molar-refractivity contribution in [2.45, 2.75) is 44.6 Å². The number of rotatable bonds is 6. The van der Waals surface area contributed by atoms with Crippen molar-refractivity contribution in [1.82, 2.24) is 10.6 Å². The highest BCUT2D eigenvalue weighted by molar-refractivity contribution is 5.99. The summed E-state index contributed by atoms with van der Waals surface area (Å²) in [5.74, 6) is -1.59. The van der Waals surface area contributed by atoms with Gasteiger partial charge in [0, 0.05) is 0 Å². The summed E-state index contributed by atoms with van der Waals surface area (Å²) in [6.45, 7) is 1.69. The second-order valence-electron chi connectivity index (χ2n) is 6.11. The molecule has 0 atom stereocenters. The van der Waals surface area contributed by atoms with Crippen molar-refractivity contribution in [3.63, 3.8) is 0 Å². The Labute approximate surface area is 146 Å². The van der Waals surface area contributed by atoms with Gasteiger partial charge >= 0.3 is 5.97 Å². The van der Waals surface area contributed by atoms with Gasteiger partial charge in [-0.05, 0) is 31.9 Å². The number of benzene rings is 1. The Bertz CT molecular complexity index is 638. The highest BCUT2D eigenvalue weighted by Gasteiger charge is 2.42. The summed E-state index contributed by atoms with van der Waals surface area (Å²) in [5, 5.41) is 14.9. The summed E-state index contributed by atoms with van der Waals surface area (Å²) in [6, 6.07) is 6.08. The molecular weight excluding hydrogens is 324 g/mol. The number of phenolic OH excluding ortho intramolecular Hbond substituents is 1. The van der Waals surface area contributed by atoms with E-state index in [1.807, 2.05) is 0 Å². The molecule has 7 heteroatoms. The van der Waals surface area contributed by atoms with Crippen molar-refractivity contribution < 1.29 is 24.2 Å². The van der Waals surface area contributed by atoms with Gasteiger partial charge in [-0.3, -0.25) is 9.59 Å². The maximum atomic E-state index is 12.3. The van der Waals surface area contributed by atoms with Crippen LogP contribution in [0.5, 0.6) is 5.75 Å². The Hall–Kier alpha value is -2.57. The first-order chi connectivity index (χ1) is 12.0. The molecule has 2 amide bonds. The molecule has 0 unspecified atom stereocenters. The van der Waals surface area contributed by atoms with E-state index in [9.17, 15) is 19.5 Å². The van der Waals surface area contributed by atoms with Crippen molar-refractivity contribution in [1.29, 1.82) is 0 Å². The summed E-state index contributed by atoms with van der Waals surface area (Å²) >= 11 is 0. The Balaban J connectivity index is 1.96. The molecule has 0 bridgehead atoms. The van der Waals surface area contributed by atoms with Gasteiger partial charge in [0.15, 0.2) is 0 Å². The van der Waals surface area contributed by atoms with E-state index in [-0.39, 0.29) is 24.5 Å². The van der Waals surface area contributed by atoms with E-state index in [1.165, 1.54) is 12.1 Å². The molecule has 1 saturated carbocycles. The highest BCUT2D eigenvalue weighted by atomic mass is 16.5. The molecule has 3 N–H and O–H groups in total. The van der Waals surface area contributed by atoms with Crippen molar-refractivity contribution in [2.24, 2.45) is 0 Å². The lowest BCUT2D eigenvalue weighted by molar-refractivity contribution is -0.155. The van der Waals surface area contributed by atoms with Crippen LogP contribution in [0.3, 0.4) is 0 Å². The molecule has 1 aliphatic carbocycles. The van der Waals surface area contributed by atoms with Crippen LogP contribution in [0.15, 0.2) is 24.3 Å². The van der Waals surface area contributed by atoms with Gasteiger partial charge in [0.05, 0.1) is 18.7 Å². The number of amides is 2. The molecule has 0 saturated heterocycles. The molecule has 7 nitrogen and oxygen atoms in total. The van der Waals surface area contributed by atoms with Crippen LogP contribution in [-0.2, 0) is 14.3 Å². The van der Waals surface area contributed by atoms with Crippen LogP contribution in [0.2, 0.25) is 0 Å². The summed E-state index contributed by atoms with van der Waals surface area (Å²) in [4.78, 5) is 36.6. The fourth-order valence-electron chi connectivity index (χ4n) is 3.04. The molecule has 0 aromatic heterocycles. The Kier molecular flexibility index (Phi) is 6.38. The van der Waals surface area contributed by atoms with Crippen LogP contribution in [0, 0.1) is 0 Å². The van der Waals surface area contributed by atoms with E-state index in [4.69, 9.17) is 4.74 Å². The number of nitrogens with one attached hydrogen (secondary N) is 2. The topological polar surface area (TPSA) is 105 Å². The minimum Gasteiger partial charge on any atom is -0.507 e. The van der Waals surface area contributed by atoms with Crippen molar-refractivity contribution in [3.05, 3.63) is 29.8 Å². The standard InChI is InChI=1S/C18H24N2O5/c1-2-25-17(24)18(10-6-3-7-11-18)20-15(22)12-19-16(23)13-8-4-5-9-14(13)21/h4-5,8-9,21H,2-3,6-7,10-12H2,1H3,(H,19,23)(H,20,22). The molecule has 0 spiro atoms. The van der Waals surface area contributed by atoms with E-state index in [0.29, 0.717) is 12.8 Å². The average molecular weight is 348 g/mol. The third-order valence-corrected chi connectivity index (χ3v) is 4.31. The van der Waals surface area contributed by atoms with E-state index in [2.05, 4.69) is 10.6 Å². The number of aromatic hydroxyl groups is 1. The first kappa shape index (κ1) is 18.8. The smallest absolute Gasteiger partial charge is 0.331 e. The van der Waals surface area contributed by atoms with Crippen LogP contribution in [0.1, 0.15) is 49.4 Å². The lowest BCUT2D eigenvalue weighted by Crippen LogP contribution is -2.58. The second kappa shape index (κ2) is 8.50. The van der Waals surface area contributed by atoms with Crippen LogP contribution in [-0.4, -0.2) is 41.6 Å². The van der Waals surface area contributed by atoms with E-state index in [1.54, 1.807) is 19.1 Å². The lowest BCUT2D eigenvalue weighted by Gasteiger charge is -2.35. The van der Waals surface area contributed by atoms with Gasteiger partial charge in [0.2, 0.25) is 5.91 Å². The highest BCUT2D eigenvalue weighted by Crippen LogP contribution is 2.29. The zero-order chi connectivity index (χ0) is 18.3. The minimum atomic E-state index is -1.01. The van der Waals surface area contributed by atoms with Gasteiger partial charge in [-0.15, -0.1) is 0 Å². The largest absolute Gasteiger partial charge is 0.507 e. The minimum absolute atomic E-state index is 0.0908. The zero-order valence-corrected chi connectivity index (χ0v) is 14.3. The fraction of sp³-hybridized carbons (Fsp3) is 0.500. The van der Waals surface area contributed by atoms with Gasteiger partial charge in [0.25, 0.3) is 5.91 Å². The molecule has 1 aromatic rings. The monoisotopic (exact) mass is 348 g/mol. The number of esters is 1. The summed E-state index contributed by atoms with van der Waals surface area (Å²) in [5.41, 5.74) is -0.918. The molecule has 1 aliphatic rings. The van der Waals surface area contributed by atoms with Crippen molar-refractivity contribution in [3.8, 4) is 5.75 Å². The normalized spacial score (nSPS) is 15.9. The number of carbonyl (C=O) groups is 3. The van der Waals surface area contributed by atoms with Gasteiger partial charge in [-0.1, -0.05) is 31.4 Å². The average Bonchev–Trinajstić information content (AvgIpc) is 2.61. The molecule has 0 radical (unpaired) electrons. The second-order valence-corrected chi connectivity index (χ2v) is 6.11. The fourth-order valence-corrected chi connectivity index (χ4v) is 3.04. The molecule has 0 heterocycles. The third kappa shape index (κ3) is 4.71. The number of para-hydroxylation sites is 1. The van der Waals surface area contributed by atoms with Crippen LogP contribution in [0.4, 0.5) is 0 Å². The van der Waals surface area contributed by atoms with Gasteiger partial charge < -0.3 is 20.5 Å². The molecule has 136 valence electrons. The Morgan fingerprint density at radius 3 is 2.48 bits per heavy atom. The van der Waals surface area contributed by atoms with E-state index in [0.717, 1.165) is 19.3 Å². The molecule has 1 aromatic carbocycles. The summed E-state index contributed by atoms with van der Waals surface area (Å²) in [6.07, 6.45) is 3.75. The summed E-state index contributed by atoms with van der Waals surface area (Å²) in [7, 11) is 0. The first-order valence-electron chi connectivity index (χ1n) is 8.53. The van der Waals surface area contributed by atoms with Crippen molar-refractivity contribution in [2.75, 3.05) is 13.2 Å². The Morgan fingerprint density at radius 2 is 1.84 bits per heavy atom. The first-order valence-corrected chi connectivity index (χ1v) is 8.53. The van der Waals surface area contributed by atoms with Crippen LogP contribution in [0.25, 0.3) is 0 Å².